The SMILES string of the molecule is [2H]B=S=PC. The van der Waals surface area contributed by atoms with Crippen LogP contribution >= 0.6 is 7.36 Å². The maximum atomic E-state index is 6.43. The third-order valence-corrected chi connectivity index (χ3v) is 0.949. The first-order chi connectivity index (χ1) is 2.41. The van der Waals surface area contributed by atoms with Crippen LogP contribution in [0.1, 0.15) is 0 Å². The number of hydrogen-bond acceptors (Lipinski definition) is 0. The third kappa shape index (κ3) is 2.58. The van der Waals surface area contributed by atoms with E-state index in [9.17, 15) is 0 Å². The minimum absolute atomic E-state index is 1.20. The van der Waals surface area contributed by atoms with E-state index in [4.69, 9.17) is 1.34 Å². The zero-order valence-corrected chi connectivity index (χ0v) is 4.14. The van der Waals surface area contributed by atoms with Crippen molar-refractivity contribution in [3.8, 4) is 0 Å². The summed E-state index contributed by atoms with van der Waals surface area (Å²) in [6.07, 6.45) is 0. The molecule has 0 saturated carbocycles. The maximum absolute atomic E-state index is 6.43. The molecule has 0 rings (SSSR count). The average Bonchev–Trinajstić information content (AvgIpc) is 1.41. The van der Waals surface area contributed by atoms with Gasteiger partial charge < -0.3 is 0 Å². The summed E-state index contributed by atoms with van der Waals surface area (Å²) in [4.78, 5) is 0. The van der Waals surface area contributed by atoms with E-state index in [0.29, 0.717) is 0 Å². The molecule has 0 nitrogen and oxygen atoms in total. The van der Waals surface area contributed by atoms with Crippen LogP contribution < -0.4 is 0 Å². The van der Waals surface area contributed by atoms with Crippen molar-refractivity contribution < 1.29 is 0 Å². The molecule has 0 amide bonds. The van der Waals surface area contributed by atoms with E-state index in [1.165, 1.54) is 24.4 Å². The van der Waals surface area contributed by atoms with E-state index in [2.05, 4.69) is 0 Å². The Kier molecular flexibility index (Phi) is 2.51. The molecule has 0 spiro atoms. The first-order valence-electron chi connectivity index (χ1n) is 1.44. The van der Waals surface area contributed by atoms with E-state index >= 15 is 0 Å². The van der Waals surface area contributed by atoms with Gasteiger partial charge in [-0.3, -0.25) is 0 Å². The van der Waals surface area contributed by atoms with Gasteiger partial charge in [0.25, 0.3) is 0 Å². The normalized spacial score (nSPS) is 8.75. The van der Waals surface area contributed by atoms with Crippen LogP contribution in [-0.4, -0.2) is 14.7 Å². The van der Waals surface area contributed by atoms with Crippen molar-refractivity contribution in [2.24, 2.45) is 0 Å². The summed E-state index contributed by atoms with van der Waals surface area (Å²) >= 11 is 0. The Balaban J connectivity index is 3.26. The molecule has 0 aromatic heterocycles. The fourth-order valence-corrected chi connectivity index (χ4v) is 0. The molecule has 0 aliphatic carbocycles. The van der Waals surface area contributed by atoms with Crippen molar-refractivity contribution in [2.75, 3.05) is 6.66 Å². The van der Waals surface area contributed by atoms with Crippen LogP contribution in [0.3, 0.4) is 0 Å². The van der Waals surface area contributed by atoms with Crippen LogP contribution in [-0.2, 0) is 10.4 Å². The van der Waals surface area contributed by atoms with Gasteiger partial charge in [0.1, 0.15) is 0 Å². The van der Waals surface area contributed by atoms with Crippen molar-refractivity contribution in [1.82, 2.24) is 0 Å². The molecule has 0 fully saturated rings. The van der Waals surface area contributed by atoms with Crippen molar-refractivity contribution in [2.45, 2.75) is 0 Å². The van der Waals surface area contributed by atoms with Crippen LogP contribution in [0.2, 0.25) is 0 Å². The third-order valence-electron chi connectivity index (χ3n) is 0.105. The van der Waals surface area contributed by atoms with Crippen molar-refractivity contribution in [3.63, 3.8) is 0 Å². The van der Waals surface area contributed by atoms with Crippen LogP contribution in [0.25, 0.3) is 0 Å². The fourth-order valence-electron chi connectivity index (χ4n) is 0. The molecule has 0 atom stereocenters. The first-order valence-corrected chi connectivity index (χ1v) is 3.69. The van der Waals surface area contributed by atoms with Crippen LogP contribution in [0.15, 0.2) is 0 Å². The van der Waals surface area contributed by atoms with Crippen molar-refractivity contribution >= 4 is 24.4 Å². The quantitative estimate of drug-likeness (QED) is 0.298. The minimum atomic E-state index is 1.20. The second kappa shape index (κ2) is 3.58. The molecule has 4 heavy (non-hydrogen) atoms. The van der Waals surface area contributed by atoms with Crippen LogP contribution in [0.5, 0.6) is 0 Å². The molecular formula is CH4BPS. The van der Waals surface area contributed by atoms with Crippen molar-refractivity contribution in [1.29, 1.82) is 1.34 Å². The Hall–Kier alpha value is 0.585. The van der Waals surface area contributed by atoms with Gasteiger partial charge >= 0.3 is 32.4 Å². The molecular weight excluding hydrogens is 85.9 g/mol. The second-order valence-electron chi connectivity index (χ2n) is 0.288. The number of rotatable bonds is 0. The second-order valence-corrected chi connectivity index (χ2v) is 2.59. The molecule has 22 valence electrons. The molecule has 0 aromatic carbocycles. The monoisotopic (exact) mass is 91.0 g/mol. The average molecular weight is 90.9 g/mol. The van der Waals surface area contributed by atoms with E-state index in [1.807, 2.05) is 6.66 Å². The van der Waals surface area contributed by atoms with Gasteiger partial charge in [-0.15, -0.1) is 0 Å². The molecule has 0 N–H and O–H groups in total. The molecule has 0 aliphatic heterocycles. The fraction of sp³-hybridized carbons (Fsp3) is 1.00. The van der Waals surface area contributed by atoms with E-state index in [0.717, 1.165) is 0 Å². The Bertz CT molecular complexity index is 60.0. The van der Waals surface area contributed by atoms with Gasteiger partial charge in [0, 0.05) is 0 Å². The predicted molar refractivity (Wildman–Crippen MR) is 27.4 cm³/mol. The Labute approximate surface area is 33.2 Å². The summed E-state index contributed by atoms with van der Waals surface area (Å²) in [5.41, 5.74) is 0. The van der Waals surface area contributed by atoms with Gasteiger partial charge in [0.2, 0.25) is 0 Å². The molecule has 0 unspecified atom stereocenters. The number of hydrogen-bond donors (Lipinski definition) is 0. The summed E-state index contributed by atoms with van der Waals surface area (Å²) in [6.45, 7) is 3.33. The molecule has 0 bridgehead atoms. The zero-order valence-electron chi connectivity index (χ0n) is 3.43. The first kappa shape index (κ1) is 2.80. The molecule has 0 heterocycles. The van der Waals surface area contributed by atoms with E-state index in [-0.39, 0.29) is 0 Å². The zero-order chi connectivity index (χ0) is 4.12. The molecule has 0 saturated heterocycles. The van der Waals surface area contributed by atoms with Crippen LogP contribution in [0.4, 0.5) is 0 Å². The van der Waals surface area contributed by atoms with Gasteiger partial charge in [-0.25, -0.2) is 0 Å². The predicted octanol–water partition coefficient (Wildman–Crippen LogP) is 0.376. The summed E-state index contributed by atoms with van der Waals surface area (Å²) in [7, 11) is 2.68. The summed E-state index contributed by atoms with van der Waals surface area (Å²) in [5, 5.41) is 0. The summed E-state index contributed by atoms with van der Waals surface area (Å²) in [6, 6.07) is 0. The van der Waals surface area contributed by atoms with E-state index < -0.39 is 0 Å². The van der Waals surface area contributed by atoms with Gasteiger partial charge in [-0.05, 0) is 0 Å². The van der Waals surface area contributed by atoms with Crippen molar-refractivity contribution in [3.05, 3.63) is 0 Å². The van der Waals surface area contributed by atoms with Gasteiger partial charge in [0.15, 0.2) is 0 Å². The summed E-state index contributed by atoms with van der Waals surface area (Å²) < 4.78 is 6.43. The molecule has 0 radical (unpaired) electrons. The molecule has 0 aliphatic rings. The van der Waals surface area contributed by atoms with Crippen LogP contribution in [0, 0.1) is 0 Å². The molecule has 3 heteroatoms. The Morgan fingerprint density at radius 1 is 2.50 bits per heavy atom. The van der Waals surface area contributed by atoms with Gasteiger partial charge in [0.05, 0.1) is 0 Å². The topological polar surface area (TPSA) is 0 Å². The standard InChI is InChI=1S/CH4BPS/c1-3-4-2/h2H,1H3/i2D. The van der Waals surface area contributed by atoms with Gasteiger partial charge in [-0.2, -0.15) is 0 Å². The molecule has 0 aromatic rings. The summed E-state index contributed by atoms with van der Waals surface area (Å²) in [5.74, 6) is 0. The Morgan fingerprint density at radius 3 is 3.25 bits per heavy atom. The van der Waals surface area contributed by atoms with Gasteiger partial charge in [-0.1, -0.05) is 0 Å². The van der Waals surface area contributed by atoms with E-state index in [1.54, 1.807) is 0 Å². The Morgan fingerprint density at radius 2 is 3.25 bits per heavy atom.